The van der Waals surface area contributed by atoms with Crippen LogP contribution in [0.1, 0.15) is 50.7 Å². The highest BCUT2D eigenvalue weighted by molar-refractivity contribution is 6.05. The Morgan fingerprint density at radius 2 is 2.00 bits per heavy atom. The van der Waals surface area contributed by atoms with E-state index in [2.05, 4.69) is 13.2 Å². The van der Waals surface area contributed by atoms with E-state index in [1.165, 1.54) is 4.90 Å². The first-order valence-electron chi connectivity index (χ1n) is 14.0. The van der Waals surface area contributed by atoms with Crippen molar-refractivity contribution in [3.8, 4) is 0 Å². The maximum Gasteiger partial charge on any atom is 0.312 e. The second kappa shape index (κ2) is 11.3. The summed E-state index contributed by atoms with van der Waals surface area (Å²) in [6.45, 7) is 15.5. The van der Waals surface area contributed by atoms with Gasteiger partial charge in [0.25, 0.3) is 5.91 Å². The molecule has 3 saturated heterocycles. The van der Waals surface area contributed by atoms with Crippen LogP contribution >= 0.6 is 0 Å². The highest BCUT2D eigenvalue weighted by Gasteiger charge is 2.80. The van der Waals surface area contributed by atoms with Gasteiger partial charge in [0, 0.05) is 18.8 Å². The summed E-state index contributed by atoms with van der Waals surface area (Å²) in [6, 6.07) is 4.90. The van der Waals surface area contributed by atoms with Crippen LogP contribution < -0.4 is 4.90 Å². The van der Waals surface area contributed by atoms with Gasteiger partial charge in [0.1, 0.15) is 17.6 Å². The summed E-state index contributed by atoms with van der Waals surface area (Å²) >= 11 is 0. The van der Waals surface area contributed by atoms with Gasteiger partial charge in [0.05, 0.1) is 24.7 Å². The minimum atomic E-state index is -1.19. The number of hydrogen-bond donors (Lipinski definition) is 1. The maximum absolute atomic E-state index is 14.5. The van der Waals surface area contributed by atoms with E-state index in [9.17, 15) is 19.5 Å². The smallest absolute Gasteiger partial charge is 0.312 e. The molecule has 1 aromatic rings. The van der Waals surface area contributed by atoms with Gasteiger partial charge < -0.3 is 24.4 Å². The Bertz CT molecular complexity index is 1150. The molecule has 3 unspecified atom stereocenters. The molecule has 2 bridgehead atoms. The lowest BCUT2D eigenvalue weighted by Gasteiger charge is -2.37. The van der Waals surface area contributed by atoms with Crippen LogP contribution in [0.3, 0.4) is 0 Å². The van der Waals surface area contributed by atoms with Crippen LogP contribution in [0.15, 0.2) is 43.5 Å². The molecule has 0 aromatic heterocycles. The number of aryl methyl sites for hydroxylation is 2. The number of benzene rings is 1. The Kier molecular flexibility index (Phi) is 8.38. The van der Waals surface area contributed by atoms with Gasteiger partial charge >= 0.3 is 5.97 Å². The number of allylic oxidation sites excluding steroid dienone is 1. The summed E-state index contributed by atoms with van der Waals surface area (Å²) in [5, 5.41) is 9.90. The molecular weight excluding hydrogens is 496 g/mol. The van der Waals surface area contributed by atoms with Crippen molar-refractivity contribution in [2.24, 2.45) is 17.8 Å². The van der Waals surface area contributed by atoms with Gasteiger partial charge in [-0.2, -0.15) is 0 Å². The van der Waals surface area contributed by atoms with E-state index in [1.54, 1.807) is 11.0 Å². The maximum atomic E-state index is 14.5. The molecule has 2 amide bonds. The first kappa shape index (κ1) is 29.0. The molecule has 212 valence electrons. The fraction of sp³-hybridized carbons (Fsp3) is 0.581. The summed E-state index contributed by atoms with van der Waals surface area (Å²) in [7, 11) is 0. The number of esters is 1. The summed E-state index contributed by atoms with van der Waals surface area (Å²) in [6.07, 6.45) is 6.34. The van der Waals surface area contributed by atoms with Crippen LogP contribution in [0.4, 0.5) is 5.69 Å². The highest BCUT2D eigenvalue weighted by Crippen LogP contribution is 2.65. The van der Waals surface area contributed by atoms with E-state index < -0.39 is 35.0 Å². The fourth-order valence-corrected chi connectivity index (χ4v) is 6.97. The van der Waals surface area contributed by atoms with Crippen LogP contribution in [0.25, 0.3) is 0 Å². The number of fused-ring (bicyclic) bond motifs is 1. The lowest BCUT2D eigenvalue weighted by molar-refractivity contribution is -0.161. The van der Waals surface area contributed by atoms with Gasteiger partial charge in [-0.3, -0.25) is 14.4 Å². The third kappa shape index (κ3) is 4.72. The first-order chi connectivity index (χ1) is 18.6. The van der Waals surface area contributed by atoms with Crippen molar-refractivity contribution < 1.29 is 29.0 Å². The van der Waals surface area contributed by atoms with Crippen LogP contribution in [0, 0.1) is 31.6 Å². The predicted octanol–water partition coefficient (Wildman–Crippen LogP) is 3.72. The Labute approximate surface area is 231 Å². The zero-order valence-corrected chi connectivity index (χ0v) is 23.7. The Morgan fingerprint density at radius 3 is 2.67 bits per heavy atom. The van der Waals surface area contributed by atoms with Crippen molar-refractivity contribution in [2.75, 3.05) is 31.2 Å². The van der Waals surface area contributed by atoms with E-state index in [4.69, 9.17) is 9.47 Å². The van der Waals surface area contributed by atoms with Crippen molar-refractivity contribution >= 4 is 23.5 Å². The number of likely N-dealkylation sites (tertiary alicyclic amines) is 1. The number of aliphatic hydroxyl groups excluding tert-OH is 1. The number of hydrogen-bond acceptors (Lipinski definition) is 6. The molecule has 3 fully saturated rings. The molecule has 4 rings (SSSR count). The summed E-state index contributed by atoms with van der Waals surface area (Å²) in [5.41, 5.74) is 0.515. The monoisotopic (exact) mass is 538 g/mol. The Morgan fingerprint density at radius 1 is 1.26 bits per heavy atom. The minimum absolute atomic E-state index is 0.0278. The number of aliphatic hydroxyl groups is 1. The van der Waals surface area contributed by atoms with Gasteiger partial charge in [-0.1, -0.05) is 31.2 Å². The molecule has 1 spiro atoms. The molecule has 3 aliphatic heterocycles. The zero-order chi connectivity index (χ0) is 28.5. The largest absolute Gasteiger partial charge is 0.465 e. The average molecular weight is 539 g/mol. The number of ether oxygens (including phenoxy) is 2. The van der Waals surface area contributed by atoms with E-state index in [-0.39, 0.29) is 44.0 Å². The lowest BCUT2D eigenvalue weighted by Crippen LogP contribution is -2.57. The Balaban J connectivity index is 1.74. The molecule has 3 aliphatic rings. The predicted molar refractivity (Wildman–Crippen MR) is 149 cm³/mol. The summed E-state index contributed by atoms with van der Waals surface area (Å²) in [5.74, 6) is -2.88. The van der Waals surface area contributed by atoms with Crippen molar-refractivity contribution in [2.45, 2.75) is 70.6 Å². The number of rotatable bonds is 12. The normalized spacial score (nSPS) is 30.8. The molecule has 1 aromatic carbocycles. The van der Waals surface area contributed by atoms with Crippen LogP contribution in [-0.2, 0) is 23.9 Å². The standard InChI is InChI=1S/C31H42N2O6/c1-7-9-10-11-17-38-29(37)25-24-27(35)33(15-16-34)26(31(24)19-22(5)30(25,6)39-31)28(36)32(14-8-2)23-18-20(3)12-13-21(23)4/h7-8,12-13,18,22,24-26,34H,1-2,9-11,14-17,19H2,3-6H3/t22?,24-,25+,26?,30-,31?/m0/s1. The van der Waals surface area contributed by atoms with E-state index in [1.807, 2.05) is 52.0 Å². The molecule has 0 saturated carbocycles. The van der Waals surface area contributed by atoms with Gasteiger partial charge in [-0.25, -0.2) is 0 Å². The number of nitrogens with zero attached hydrogens (tertiary/aromatic N) is 2. The van der Waals surface area contributed by atoms with Gasteiger partial charge in [0.2, 0.25) is 5.91 Å². The SMILES string of the molecule is C=CCCCCOC(=O)[C@H]1[C@H]2C(=O)N(CCO)C(C(=O)N(CC=C)c3cc(C)ccc3C)C23CC(C)[C@]1(C)O3. The van der Waals surface area contributed by atoms with Crippen molar-refractivity contribution in [1.82, 2.24) is 4.90 Å². The lowest BCUT2D eigenvalue weighted by atomic mass is 9.62. The quantitative estimate of drug-likeness (QED) is 0.248. The molecule has 8 nitrogen and oxygen atoms in total. The highest BCUT2D eigenvalue weighted by atomic mass is 16.6. The van der Waals surface area contributed by atoms with Crippen LogP contribution in [-0.4, -0.2) is 71.3 Å². The zero-order valence-electron chi connectivity index (χ0n) is 23.7. The molecule has 3 heterocycles. The molecule has 1 N–H and O–H groups in total. The molecule has 0 radical (unpaired) electrons. The summed E-state index contributed by atoms with van der Waals surface area (Å²) in [4.78, 5) is 45.1. The third-order valence-electron chi connectivity index (χ3n) is 8.92. The number of β-amino-alcohol motifs (C(OH)–C–C–N with tert-alkyl or cyclic N) is 1. The molecule has 6 atom stereocenters. The van der Waals surface area contributed by atoms with Gasteiger partial charge in [0.15, 0.2) is 0 Å². The Hall–Kier alpha value is -2.97. The van der Waals surface area contributed by atoms with Crippen LogP contribution in [0.2, 0.25) is 0 Å². The molecule has 0 aliphatic carbocycles. The van der Waals surface area contributed by atoms with Gasteiger partial charge in [-0.15, -0.1) is 13.2 Å². The summed E-state index contributed by atoms with van der Waals surface area (Å²) < 4.78 is 12.4. The fourth-order valence-electron chi connectivity index (χ4n) is 6.97. The molecular formula is C31H42N2O6. The molecule has 8 heteroatoms. The van der Waals surface area contributed by atoms with E-state index in [0.717, 1.165) is 29.7 Å². The van der Waals surface area contributed by atoms with Gasteiger partial charge in [-0.05, 0) is 69.6 Å². The van der Waals surface area contributed by atoms with E-state index >= 15 is 0 Å². The van der Waals surface area contributed by atoms with E-state index in [0.29, 0.717) is 12.8 Å². The number of carbonyl (C=O) groups excluding carboxylic acids is 3. The van der Waals surface area contributed by atoms with Crippen LogP contribution in [0.5, 0.6) is 0 Å². The van der Waals surface area contributed by atoms with Crippen molar-refractivity contribution in [1.29, 1.82) is 0 Å². The average Bonchev–Trinajstić information content (AvgIpc) is 3.40. The molecule has 39 heavy (non-hydrogen) atoms. The number of anilines is 1. The second-order valence-electron chi connectivity index (χ2n) is 11.4. The number of carbonyl (C=O) groups is 3. The number of unbranched alkanes of at least 4 members (excludes halogenated alkanes) is 2. The third-order valence-corrected chi connectivity index (χ3v) is 8.92. The first-order valence-corrected chi connectivity index (χ1v) is 14.0. The topological polar surface area (TPSA) is 96.4 Å². The number of amides is 2. The minimum Gasteiger partial charge on any atom is -0.465 e. The van der Waals surface area contributed by atoms with Crippen molar-refractivity contribution in [3.63, 3.8) is 0 Å². The van der Waals surface area contributed by atoms with Crippen molar-refractivity contribution in [3.05, 3.63) is 54.6 Å². The second-order valence-corrected chi connectivity index (χ2v) is 11.4.